The first-order valence-electron chi connectivity index (χ1n) is 7.22. The lowest BCUT2D eigenvalue weighted by Gasteiger charge is -2.06. The minimum atomic E-state index is -0.284. The predicted octanol–water partition coefficient (Wildman–Crippen LogP) is 4.58. The molecule has 0 aliphatic carbocycles. The number of benzene rings is 2. The number of hydrazone groups is 1. The van der Waals surface area contributed by atoms with Gasteiger partial charge < -0.3 is 0 Å². The van der Waals surface area contributed by atoms with Crippen LogP contribution in [0.3, 0.4) is 0 Å². The molecule has 0 saturated heterocycles. The number of nitrogens with zero attached hydrogens (tertiary/aromatic N) is 2. The molecular weight excluding hydrogens is 362 g/mol. The second kappa shape index (κ2) is 7.79. The van der Waals surface area contributed by atoms with Crippen LogP contribution in [0.2, 0.25) is 5.02 Å². The van der Waals surface area contributed by atoms with Crippen LogP contribution in [0.5, 0.6) is 0 Å². The van der Waals surface area contributed by atoms with E-state index in [0.717, 1.165) is 20.1 Å². The van der Waals surface area contributed by atoms with E-state index in [2.05, 4.69) is 15.5 Å². The number of nitrogens with one attached hydrogen (secondary N) is 1. The Morgan fingerprint density at radius 2 is 2.04 bits per heavy atom. The van der Waals surface area contributed by atoms with Gasteiger partial charge in [0, 0.05) is 5.02 Å². The van der Waals surface area contributed by atoms with Crippen molar-refractivity contribution in [2.45, 2.75) is 16.5 Å². The number of halogens is 1. The Balaban J connectivity index is 1.57. The third-order valence-electron chi connectivity index (χ3n) is 3.18. The third-order valence-corrected chi connectivity index (χ3v) is 5.66. The van der Waals surface area contributed by atoms with Gasteiger partial charge in [0.15, 0.2) is 4.34 Å². The topological polar surface area (TPSA) is 54.4 Å². The molecular formula is C17H14ClN3OS2. The minimum Gasteiger partial charge on any atom is -0.272 e. The summed E-state index contributed by atoms with van der Waals surface area (Å²) in [6, 6.07) is 15.1. The van der Waals surface area contributed by atoms with Gasteiger partial charge in [-0.05, 0) is 36.8 Å². The molecule has 2 aromatic carbocycles. The predicted molar refractivity (Wildman–Crippen MR) is 102 cm³/mol. The van der Waals surface area contributed by atoms with Crippen LogP contribution in [-0.4, -0.2) is 22.4 Å². The number of carbonyl (C=O) groups is 1. The number of aromatic nitrogens is 1. The molecule has 122 valence electrons. The first-order chi connectivity index (χ1) is 11.6. The number of amides is 1. The SMILES string of the molecule is CC(Sc1nc2ccccc2s1)C(=O)NN=Cc1ccc(Cl)cc1. The van der Waals surface area contributed by atoms with E-state index in [0.29, 0.717) is 5.02 Å². The summed E-state index contributed by atoms with van der Waals surface area (Å²) in [5, 5.41) is 4.36. The van der Waals surface area contributed by atoms with Crippen molar-refractivity contribution >= 4 is 57.0 Å². The van der Waals surface area contributed by atoms with E-state index in [1.165, 1.54) is 11.8 Å². The second-order valence-electron chi connectivity index (χ2n) is 4.99. The summed E-state index contributed by atoms with van der Waals surface area (Å²) in [6.45, 7) is 1.84. The van der Waals surface area contributed by atoms with Crippen LogP contribution in [0.15, 0.2) is 58.0 Å². The standard InChI is InChI=1S/C17H14ClN3OS2/c1-11(23-17-20-14-4-2-3-5-15(14)24-17)16(22)21-19-10-12-6-8-13(18)9-7-12/h2-11H,1H3,(H,21,22). The van der Waals surface area contributed by atoms with Gasteiger partial charge in [-0.1, -0.05) is 47.6 Å². The molecule has 1 heterocycles. The van der Waals surface area contributed by atoms with Gasteiger partial charge in [0.05, 0.1) is 21.7 Å². The third kappa shape index (κ3) is 4.35. The van der Waals surface area contributed by atoms with E-state index in [-0.39, 0.29) is 11.2 Å². The Morgan fingerprint density at radius 3 is 2.79 bits per heavy atom. The van der Waals surface area contributed by atoms with Crippen LogP contribution < -0.4 is 5.43 Å². The molecule has 1 unspecified atom stereocenters. The summed E-state index contributed by atoms with van der Waals surface area (Å²) in [4.78, 5) is 16.6. The minimum absolute atomic E-state index is 0.163. The van der Waals surface area contributed by atoms with Gasteiger partial charge >= 0.3 is 0 Å². The van der Waals surface area contributed by atoms with Crippen LogP contribution in [-0.2, 0) is 4.79 Å². The number of rotatable bonds is 5. The van der Waals surface area contributed by atoms with Crippen molar-refractivity contribution in [3.05, 3.63) is 59.1 Å². The smallest absolute Gasteiger partial charge is 0.253 e. The maximum Gasteiger partial charge on any atom is 0.253 e. The highest BCUT2D eigenvalue weighted by Crippen LogP contribution is 2.31. The highest BCUT2D eigenvalue weighted by Gasteiger charge is 2.16. The van der Waals surface area contributed by atoms with E-state index < -0.39 is 0 Å². The van der Waals surface area contributed by atoms with Crippen molar-refractivity contribution < 1.29 is 4.79 Å². The fraction of sp³-hybridized carbons (Fsp3) is 0.118. The number of fused-ring (bicyclic) bond motifs is 1. The number of thioether (sulfide) groups is 1. The number of thiazole rings is 1. The summed E-state index contributed by atoms with van der Waals surface area (Å²) in [7, 11) is 0. The second-order valence-corrected chi connectivity index (χ2v) is 8.05. The normalized spacial score (nSPS) is 12.6. The average Bonchev–Trinajstić information content (AvgIpc) is 2.98. The summed E-state index contributed by atoms with van der Waals surface area (Å²) in [6.07, 6.45) is 1.59. The van der Waals surface area contributed by atoms with E-state index in [1.54, 1.807) is 29.7 Å². The van der Waals surface area contributed by atoms with Gasteiger partial charge in [-0.15, -0.1) is 11.3 Å². The Labute approximate surface area is 152 Å². The van der Waals surface area contributed by atoms with Crippen LogP contribution in [0, 0.1) is 0 Å². The molecule has 1 N–H and O–H groups in total. The lowest BCUT2D eigenvalue weighted by molar-refractivity contribution is -0.120. The van der Waals surface area contributed by atoms with E-state index in [1.807, 2.05) is 43.3 Å². The zero-order valence-corrected chi connectivity index (χ0v) is 15.2. The maximum atomic E-state index is 12.1. The van der Waals surface area contributed by atoms with Gasteiger partial charge in [-0.3, -0.25) is 4.79 Å². The monoisotopic (exact) mass is 375 g/mol. The van der Waals surface area contributed by atoms with E-state index >= 15 is 0 Å². The molecule has 0 aliphatic rings. The highest BCUT2D eigenvalue weighted by molar-refractivity contribution is 8.02. The number of hydrogen-bond acceptors (Lipinski definition) is 5. The quantitative estimate of drug-likeness (QED) is 0.403. The van der Waals surface area contributed by atoms with Gasteiger partial charge in [-0.25, -0.2) is 10.4 Å². The van der Waals surface area contributed by atoms with Crippen molar-refractivity contribution in [1.82, 2.24) is 10.4 Å². The number of para-hydroxylation sites is 1. The maximum absolute atomic E-state index is 12.1. The molecule has 3 rings (SSSR count). The zero-order valence-electron chi connectivity index (χ0n) is 12.8. The van der Waals surface area contributed by atoms with Crippen LogP contribution in [0.4, 0.5) is 0 Å². The van der Waals surface area contributed by atoms with Crippen molar-refractivity contribution in [2.24, 2.45) is 5.10 Å². The zero-order chi connectivity index (χ0) is 16.9. The molecule has 0 fully saturated rings. The Hall–Kier alpha value is -1.89. The Morgan fingerprint density at radius 1 is 1.29 bits per heavy atom. The van der Waals surface area contributed by atoms with E-state index in [4.69, 9.17) is 11.6 Å². The fourth-order valence-electron chi connectivity index (χ4n) is 1.92. The first kappa shape index (κ1) is 17.0. The Bertz CT molecular complexity index is 844. The largest absolute Gasteiger partial charge is 0.272 e. The van der Waals surface area contributed by atoms with Crippen LogP contribution in [0.1, 0.15) is 12.5 Å². The number of carbonyl (C=O) groups excluding carboxylic acids is 1. The van der Waals surface area contributed by atoms with Gasteiger partial charge in [0.1, 0.15) is 0 Å². The summed E-state index contributed by atoms with van der Waals surface area (Å²) < 4.78 is 1.99. The molecule has 4 nitrogen and oxygen atoms in total. The van der Waals surface area contributed by atoms with Crippen molar-refractivity contribution in [2.75, 3.05) is 0 Å². The molecule has 0 aliphatic heterocycles. The summed E-state index contributed by atoms with van der Waals surface area (Å²) >= 11 is 8.84. The van der Waals surface area contributed by atoms with Crippen molar-refractivity contribution in [3.63, 3.8) is 0 Å². The lowest BCUT2D eigenvalue weighted by Crippen LogP contribution is -2.26. The highest BCUT2D eigenvalue weighted by atomic mass is 35.5. The molecule has 0 spiro atoms. The first-order valence-corrected chi connectivity index (χ1v) is 9.30. The van der Waals surface area contributed by atoms with Crippen molar-refractivity contribution in [3.8, 4) is 0 Å². The molecule has 3 aromatic rings. The lowest BCUT2D eigenvalue weighted by atomic mass is 10.2. The molecule has 0 bridgehead atoms. The molecule has 0 saturated carbocycles. The molecule has 1 amide bonds. The van der Waals surface area contributed by atoms with Gasteiger partial charge in [0.2, 0.25) is 0 Å². The van der Waals surface area contributed by atoms with Crippen molar-refractivity contribution in [1.29, 1.82) is 0 Å². The average molecular weight is 376 g/mol. The van der Waals surface area contributed by atoms with Crippen LogP contribution in [0.25, 0.3) is 10.2 Å². The molecule has 1 aromatic heterocycles. The molecule has 1 atom stereocenters. The molecule has 7 heteroatoms. The molecule has 0 radical (unpaired) electrons. The van der Waals surface area contributed by atoms with Crippen LogP contribution >= 0.6 is 34.7 Å². The summed E-state index contributed by atoms with van der Waals surface area (Å²) in [5.41, 5.74) is 4.38. The van der Waals surface area contributed by atoms with Gasteiger partial charge in [0.25, 0.3) is 5.91 Å². The molecule has 24 heavy (non-hydrogen) atoms. The number of hydrogen-bond donors (Lipinski definition) is 1. The fourth-order valence-corrected chi connectivity index (χ4v) is 4.25. The summed E-state index contributed by atoms with van der Waals surface area (Å²) in [5.74, 6) is -0.163. The van der Waals surface area contributed by atoms with E-state index in [9.17, 15) is 4.79 Å². The Kier molecular flexibility index (Phi) is 5.50. The van der Waals surface area contributed by atoms with Gasteiger partial charge in [-0.2, -0.15) is 5.10 Å².